The third-order valence-corrected chi connectivity index (χ3v) is 2.88. The van der Waals surface area contributed by atoms with E-state index in [4.69, 9.17) is 5.73 Å². The predicted octanol–water partition coefficient (Wildman–Crippen LogP) is 0.185. The molecular formula is C14H18N4O2. The molecule has 1 aromatic heterocycles. The van der Waals surface area contributed by atoms with E-state index < -0.39 is 0 Å². The Morgan fingerprint density at radius 1 is 1.35 bits per heavy atom. The summed E-state index contributed by atoms with van der Waals surface area (Å²) in [6.45, 7) is -0.0234. The first kappa shape index (κ1) is 14.1. The first-order chi connectivity index (χ1) is 9.67. The topological polar surface area (TPSA) is 93.2 Å². The van der Waals surface area contributed by atoms with Crippen LogP contribution in [-0.2, 0) is 17.8 Å². The van der Waals surface area contributed by atoms with Gasteiger partial charge in [-0.1, -0.05) is 30.3 Å². The number of benzene rings is 1. The van der Waals surface area contributed by atoms with Crippen LogP contribution in [0.3, 0.4) is 0 Å². The maximum absolute atomic E-state index is 11.9. The van der Waals surface area contributed by atoms with Crippen molar-refractivity contribution >= 4 is 11.7 Å². The molecule has 1 heterocycles. The third kappa shape index (κ3) is 4.10. The molecule has 0 spiro atoms. The number of aliphatic hydroxyl groups is 1. The van der Waals surface area contributed by atoms with E-state index in [9.17, 15) is 9.90 Å². The molecule has 0 aliphatic rings. The van der Waals surface area contributed by atoms with Crippen LogP contribution in [0.25, 0.3) is 0 Å². The highest BCUT2D eigenvalue weighted by atomic mass is 16.3. The number of hydrogen-bond acceptors (Lipinski definition) is 4. The number of carbonyl (C=O) groups is 1. The van der Waals surface area contributed by atoms with Crippen LogP contribution in [0.15, 0.2) is 42.6 Å². The van der Waals surface area contributed by atoms with Crippen molar-refractivity contribution in [3.63, 3.8) is 0 Å². The molecule has 6 heteroatoms. The molecule has 1 atom stereocenters. The molecule has 1 unspecified atom stereocenters. The van der Waals surface area contributed by atoms with Gasteiger partial charge in [0, 0.05) is 6.20 Å². The largest absolute Gasteiger partial charge is 0.394 e. The lowest BCUT2D eigenvalue weighted by Gasteiger charge is -2.16. The van der Waals surface area contributed by atoms with E-state index in [0.717, 1.165) is 5.56 Å². The Labute approximate surface area is 117 Å². The van der Waals surface area contributed by atoms with Crippen LogP contribution in [0, 0.1) is 0 Å². The van der Waals surface area contributed by atoms with Crippen molar-refractivity contribution in [2.45, 2.75) is 19.0 Å². The summed E-state index contributed by atoms with van der Waals surface area (Å²) in [5, 5.41) is 16.1. The van der Waals surface area contributed by atoms with Gasteiger partial charge >= 0.3 is 0 Å². The lowest BCUT2D eigenvalue weighted by Crippen LogP contribution is -2.40. The average Bonchev–Trinajstić information content (AvgIpc) is 2.84. The second-order valence-corrected chi connectivity index (χ2v) is 4.57. The molecule has 2 aromatic rings. The minimum atomic E-state index is -0.308. The lowest BCUT2D eigenvalue weighted by atomic mass is 10.1. The summed E-state index contributed by atoms with van der Waals surface area (Å²) in [6, 6.07) is 11.0. The van der Waals surface area contributed by atoms with E-state index >= 15 is 0 Å². The molecule has 1 amide bonds. The smallest absolute Gasteiger partial charge is 0.242 e. The molecule has 2 rings (SSSR count). The lowest BCUT2D eigenvalue weighted by molar-refractivity contribution is -0.122. The number of rotatable bonds is 6. The molecule has 0 aliphatic carbocycles. The summed E-state index contributed by atoms with van der Waals surface area (Å²) in [5.41, 5.74) is 6.55. The van der Waals surface area contributed by atoms with E-state index in [1.807, 2.05) is 30.3 Å². The predicted molar refractivity (Wildman–Crippen MR) is 75.8 cm³/mol. The summed E-state index contributed by atoms with van der Waals surface area (Å²) in [5.74, 6) is 0.170. The first-order valence-corrected chi connectivity index (χ1v) is 6.40. The Balaban J connectivity index is 1.88. The minimum Gasteiger partial charge on any atom is -0.394 e. The van der Waals surface area contributed by atoms with Crippen LogP contribution in [0.5, 0.6) is 0 Å². The number of carbonyl (C=O) groups excluding carboxylic acids is 1. The highest BCUT2D eigenvalue weighted by Crippen LogP contribution is 2.03. The summed E-state index contributed by atoms with van der Waals surface area (Å²) < 4.78 is 1.46. The standard InChI is InChI=1S/C14H18N4O2/c15-13-6-7-18(17-13)9-14(20)16-12(10-19)8-11-4-2-1-3-5-11/h1-7,12,19H,8-10H2,(H2,15,17)(H,16,20). The Morgan fingerprint density at radius 3 is 2.70 bits per heavy atom. The number of nitrogen functional groups attached to an aromatic ring is 1. The SMILES string of the molecule is Nc1ccn(CC(=O)NC(CO)Cc2ccccc2)n1. The molecule has 4 N–H and O–H groups in total. The summed E-state index contributed by atoms with van der Waals surface area (Å²) in [6.07, 6.45) is 2.23. The van der Waals surface area contributed by atoms with E-state index in [2.05, 4.69) is 10.4 Å². The highest BCUT2D eigenvalue weighted by Gasteiger charge is 2.12. The van der Waals surface area contributed by atoms with Crippen molar-refractivity contribution in [2.75, 3.05) is 12.3 Å². The Bertz CT molecular complexity index is 553. The van der Waals surface area contributed by atoms with Crippen LogP contribution in [0.1, 0.15) is 5.56 Å². The second kappa shape index (κ2) is 6.72. The number of hydrogen-bond donors (Lipinski definition) is 3. The van der Waals surface area contributed by atoms with Gasteiger partial charge in [0.05, 0.1) is 12.6 Å². The Morgan fingerprint density at radius 2 is 2.10 bits per heavy atom. The van der Waals surface area contributed by atoms with Gasteiger partial charge in [-0.3, -0.25) is 9.48 Å². The van der Waals surface area contributed by atoms with Crippen LogP contribution in [0.2, 0.25) is 0 Å². The van der Waals surface area contributed by atoms with Gasteiger partial charge in [0.2, 0.25) is 5.91 Å². The van der Waals surface area contributed by atoms with Crippen molar-refractivity contribution in [1.82, 2.24) is 15.1 Å². The van der Waals surface area contributed by atoms with Gasteiger partial charge in [0.1, 0.15) is 12.4 Å². The van der Waals surface area contributed by atoms with Gasteiger partial charge in [0.15, 0.2) is 0 Å². The minimum absolute atomic E-state index is 0.0858. The van der Waals surface area contributed by atoms with Crippen molar-refractivity contribution in [2.24, 2.45) is 0 Å². The van der Waals surface area contributed by atoms with Gasteiger partial charge in [0.25, 0.3) is 0 Å². The third-order valence-electron chi connectivity index (χ3n) is 2.88. The quantitative estimate of drug-likeness (QED) is 0.701. The van der Waals surface area contributed by atoms with Crippen molar-refractivity contribution in [3.05, 3.63) is 48.2 Å². The molecule has 6 nitrogen and oxygen atoms in total. The zero-order valence-corrected chi connectivity index (χ0v) is 11.1. The summed E-state index contributed by atoms with van der Waals surface area (Å²) in [4.78, 5) is 11.9. The zero-order valence-electron chi connectivity index (χ0n) is 11.1. The van der Waals surface area contributed by atoms with E-state index in [1.165, 1.54) is 4.68 Å². The van der Waals surface area contributed by atoms with Gasteiger partial charge in [-0.2, -0.15) is 5.10 Å². The second-order valence-electron chi connectivity index (χ2n) is 4.57. The van der Waals surface area contributed by atoms with Crippen LogP contribution < -0.4 is 11.1 Å². The van der Waals surface area contributed by atoms with Crippen LogP contribution in [-0.4, -0.2) is 33.4 Å². The molecular weight excluding hydrogens is 256 g/mol. The van der Waals surface area contributed by atoms with Crippen molar-refractivity contribution in [3.8, 4) is 0 Å². The number of nitrogens with one attached hydrogen (secondary N) is 1. The number of aromatic nitrogens is 2. The molecule has 0 bridgehead atoms. The number of anilines is 1. The normalized spacial score (nSPS) is 12.1. The van der Waals surface area contributed by atoms with Crippen LogP contribution in [0.4, 0.5) is 5.82 Å². The molecule has 20 heavy (non-hydrogen) atoms. The highest BCUT2D eigenvalue weighted by molar-refractivity contribution is 5.76. The first-order valence-electron chi connectivity index (χ1n) is 6.40. The number of amides is 1. The Hall–Kier alpha value is -2.34. The maximum Gasteiger partial charge on any atom is 0.242 e. The number of nitrogens with zero attached hydrogens (tertiary/aromatic N) is 2. The van der Waals surface area contributed by atoms with E-state index in [1.54, 1.807) is 12.3 Å². The van der Waals surface area contributed by atoms with Crippen molar-refractivity contribution < 1.29 is 9.90 Å². The Kier molecular flexibility index (Phi) is 4.73. The average molecular weight is 274 g/mol. The van der Waals surface area contributed by atoms with E-state index in [0.29, 0.717) is 12.2 Å². The number of nitrogens with two attached hydrogens (primary N) is 1. The molecule has 1 aromatic carbocycles. The fourth-order valence-electron chi connectivity index (χ4n) is 1.95. The molecule has 106 valence electrons. The van der Waals surface area contributed by atoms with Crippen LogP contribution >= 0.6 is 0 Å². The molecule has 0 saturated heterocycles. The maximum atomic E-state index is 11.9. The zero-order chi connectivity index (χ0) is 14.4. The van der Waals surface area contributed by atoms with Crippen molar-refractivity contribution in [1.29, 1.82) is 0 Å². The summed E-state index contributed by atoms with van der Waals surface area (Å²) in [7, 11) is 0. The van der Waals surface area contributed by atoms with E-state index in [-0.39, 0.29) is 25.1 Å². The van der Waals surface area contributed by atoms with Gasteiger partial charge in [-0.05, 0) is 18.1 Å². The van der Waals surface area contributed by atoms with Gasteiger partial charge in [-0.15, -0.1) is 0 Å². The fourth-order valence-corrected chi connectivity index (χ4v) is 1.95. The monoisotopic (exact) mass is 274 g/mol. The number of aliphatic hydroxyl groups excluding tert-OH is 1. The molecule has 0 aliphatic heterocycles. The fraction of sp³-hybridized carbons (Fsp3) is 0.286. The molecule has 0 fully saturated rings. The molecule has 0 radical (unpaired) electrons. The molecule has 0 saturated carbocycles. The summed E-state index contributed by atoms with van der Waals surface area (Å²) >= 11 is 0. The van der Waals surface area contributed by atoms with Gasteiger partial charge < -0.3 is 16.2 Å². The van der Waals surface area contributed by atoms with Gasteiger partial charge in [-0.25, -0.2) is 0 Å².